The monoisotopic (exact) mass is 756 g/mol. The third-order valence-corrected chi connectivity index (χ3v) is 13.0. The van der Waals surface area contributed by atoms with Gasteiger partial charge >= 0.3 is 0 Å². The molecule has 2 aromatic heterocycles. The Morgan fingerprint density at radius 2 is 0.897 bits per heavy atom. The number of nitrogens with zero attached hydrogens (tertiary/aromatic N) is 4. The molecule has 5 heteroatoms. The highest BCUT2D eigenvalue weighted by Crippen LogP contribution is 2.63. The summed E-state index contributed by atoms with van der Waals surface area (Å²) in [4.78, 5) is 22.9. The second kappa shape index (κ2) is 12.9. The molecule has 3 heterocycles. The zero-order chi connectivity index (χ0) is 38.2. The summed E-state index contributed by atoms with van der Waals surface area (Å²) in [5, 5.41) is 4.57. The molecule has 0 atom stereocenters. The first-order valence-electron chi connectivity index (χ1n) is 19.5. The molecule has 1 spiro atoms. The Hall–Kier alpha value is -7.21. The Morgan fingerprint density at radius 3 is 1.64 bits per heavy atom. The fourth-order valence-corrected chi connectivity index (χ4v) is 10.5. The summed E-state index contributed by atoms with van der Waals surface area (Å²) in [6.45, 7) is 0. The summed E-state index contributed by atoms with van der Waals surface area (Å²) in [6, 6.07) is 65.2. The lowest BCUT2D eigenvalue weighted by Gasteiger charge is -2.39. The Bertz CT molecular complexity index is 3230. The van der Waals surface area contributed by atoms with Gasteiger partial charge in [0.2, 0.25) is 0 Å². The minimum atomic E-state index is -0.596. The van der Waals surface area contributed by atoms with Gasteiger partial charge in [-0.05, 0) is 79.4 Å². The third kappa shape index (κ3) is 4.90. The topological polar surface area (TPSA) is 51.6 Å². The Balaban J connectivity index is 1.13. The summed E-state index contributed by atoms with van der Waals surface area (Å²) in [7, 11) is 0. The summed E-state index contributed by atoms with van der Waals surface area (Å²) in [5.74, 6) is 1.93. The molecule has 4 nitrogen and oxygen atoms in total. The molecular formula is C53H32N4S. The van der Waals surface area contributed by atoms with E-state index in [1.807, 2.05) is 42.4 Å². The molecule has 0 saturated heterocycles. The first kappa shape index (κ1) is 33.0. The Kier molecular flexibility index (Phi) is 7.34. The van der Waals surface area contributed by atoms with E-state index in [0.29, 0.717) is 17.5 Å². The van der Waals surface area contributed by atoms with E-state index >= 15 is 0 Å². The quantitative estimate of drug-likeness (QED) is 0.179. The molecule has 0 N–H and O–H groups in total. The number of hydrogen-bond acceptors (Lipinski definition) is 5. The third-order valence-electron chi connectivity index (χ3n) is 11.9. The van der Waals surface area contributed by atoms with E-state index < -0.39 is 5.41 Å². The van der Waals surface area contributed by atoms with Crippen LogP contribution >= 0.6 is 11.8 Å². The van der Waals surface area contributed by atoms with Crippen LogP contribution in [-0.2, 0) is 5.41 Å². The van der Waals surface area contributed by atoms with E-state index in [2.05, 4.69) is 164 Å². The van der Waals surface area contributed by atoms with Gasteiger partial charge in [-0.1, -0.05) is 169 Å². The van der Waals surface area contributed by atoms with Gasteiger partial charge in [-0.25, -0.2) is 15.0 Å². The maximum Gasteiger partial charge on any atom is 0.164 e. The van der Waals surface area contributed by atoms with Gasteiger partial charge in [0.1, 0.15) is 0 Å². The molecule has 8 aromatic carbocycles. The zero-order valence-electron chi connectivity index (χ0n) is 31.2. The molecule has 2 aliphatic rings. The largest absolute Gasteiger partial charge is 0.263 e. The SMILES string of the molecule is c1ccc(-c2nc(-c3ccc4c(c3)C3(c5ccccc5Sc5ccccc53)c3cc(-c5cncc6ccccc56)ccc3-4)nc(-c3cccc4ccccc34)n2)cc1. The van der Waals surface area contributed by atoms with Crippen LogP contribution in [0.3, 0.4) is 0 Å². The standard InChI is InChI=1S/C53H32N4S/c1-2-14-34(15-3-1)50-55-51(57-52(56-50)42-20-12-17-33-13-4-6-18-38(33)42)36-26-28-41-40-27-25-35(43-32-54-31-37-16-5-7-19-39(37)43)29-46(40)53(47(41)30-36)44-21-8-10-23-48(44)58-49-24-11-9-22-45(49)53/h1-32H. The lowest BCUT2D eigenvalue weighted by Crippen LogP contribution is -2.32. The molecular weight excluding hydrogens is 725 g/mol. The Morgan fingerprint density at radius 1 is 0.345 bits per heavy atom. The van der Waals surface area contributed by atoms with Crippen LogP contribution in [0, 0.1) is 0 Å². The lowest BCUT2D eigenvalue weighted by atomic mass is 9.67. The van der Waals surface area contributed by atoms with Crippen molar-refractivity contribution in [2.24, 2.45) is 0 Å². The second-order valence-corrected chi connectivity index (χ2v) is 16.1. The van der Waals surface area contributed by atoms with Crippen LogP contribution in [0.4, 0.5) is 0 Å². The first-order chi connectivity index (χ1) is 28.7. The molecule has 0 radical (unpaired) electrons. The molecule has 0 fully saturated rings. The second-order valence-electron chi connectivity index (χ2n) is 15.0. The predicted octanol–water partition coefficient (Wildman–Crippen LogP) is 13.1. The van der Waals surface area contributed by atoms with E-state index in [1.54, 1.807) is 0 Å². The molecule has 0 unspecified atom stereocenters. The first-order valence-corrected chi connectivity index (χ1v) is 20.4. The average Bonchev–Trinajstić information content (AvgIpc) is 3.58. The van der Waals surface area contributed by atoms with Gasteiger partial charge in [-0.15, -0.1) is 0 Å². The van der Waals surface area contributed by atoms with Crippen molar-refractivity contribution in [3.63, 3.8) is 0 Å². The molecule has 270 valence electrons. The van der Waals surface area contributed by atoms with Gasteiger partial charge in [-0.3, -0.25) is 4.98 Å². The molecule has 0 bridgehead atoms. The van der Waals surface area contributed by atoms with Gasteiger partial charge in [0.25, 0.3) is 0 Å². The normalized spacial score (nSPS) is 13.2. The maximum absolute atomic E-state index is 5.30. The van der Waals surface area contributed by atoms with Gasteiger partial charge in [0.05, 0.1) is 5.41 Å². The van der Waals surface area contributed by atoms with Gasteiger partial charge < -0.3 is 0 Å². The molecule has 12 rings (SSSR count). The van der Waals surface area contributed by atoms with Crippen molar-refractivity contribution in [3.8, 4) is 56.4 Å². The van der Waals surface area contributed by atoms with Crippen LogP contribution in [0.2, 0.25) is 0 Å². The van der Waals surface area contributed by atoms with Crippen molar-refractivity contribution >= 4 is 33.3 Å². The number of benzene rings is 8. The maximum atomic E-state index is 5.30. The van der Waals surface area contributed by atoms with Gasteiger partial charge in [0, 0.05) is 49.8 Å². The van der Waals surface area contributed by atoms with Crippen LogP contribution in [-0.4, -0.2) is 19.9 Å². The average molecular weight is 757 g/mol. The van der Waals surface area contributed by atoms with Crippen LogP contribution in [0.15, 0.2) is 204 Å². The highest BCUT2D eigenvalue weighted by Gasteiger charge is 2.50. The van der Waals surface area contributed by atoms with Gasteiger partial charge in [-0.2, -0.15) is 0 Å². The fourth-order valence-electron chi connectivity index (χ4n) is 9.31. The number of fused-ring (bicyclic) bond motifs is 11. The number of pyridine rings is 1. The highest BCUT2D eigenvalue weighted by molar-refractivity contribution is 7.99. The summed E-state index contributed by atoms with van der Waals surface area (Å²) in [6.07, 6.45) is 3.96. The number of hydrogen-bond donors (Lipinski definition) is 0. The minimum absolute atomic E-state index is 0.596. The van der Waals surface area contributed by atoms with Crippen molar-refractivity contribution in [1.29, 1.82) is 0 Å². The smallest absolute Gasteiger partial charge is 0.164 e. The molecule has 0 amide bonds. The summed E-state index contributed by atoms with van der Waals surface area (Å²) >= 11 is 1.85. The highest BCUT2D eigenvalue weighted by atomic mass is 32.2. The van der Waals surface area contributed by atoms with E-state index in [9.17, 15) is 0 Å². The lowest BCUT2D eigenvalue weighted by molar-refractivity contribution is 0.722. The van der Waals surface area contributed by atoms with Crippen LogP contribution in [0.5, 0.6) is 0 Å². The Labute approximate surface area is 340 Å². The predicted molar refractivity (Wildman–Crippen MR) is 236 cm³/mol. The molecule has 58 heavy (non-hydrogen) atoms. The summed E-state index contributed by atoms with van der Waals surface area (Å²) in [5.41, 5.74) is 12.0. The van der Waals surface area contributed by atoms with Gasteiger partial charge in [0.15, 0.2) is 17.5 Å². The van der Waals surface area contributed by atoms with Crippen molar-refractivity contribution < 1.29 is 0 Å². The van der Waals surface area contributed by atoms with E-state index in [4.69, 9.17) is 19.9 Å². The molecule has 0 saturated carbocycles. The molecule has 10 aromatic rings. The fraction of sp³-hybridized carbons (Fsp3) is 0.0189. The van der Waals surface area contributed by atoms with E-state index in [0.717, 1.165) is 44.0 Å². The molecule has 1 aliphatic heterocycles. The molecule has 1 aliphatic carbocycles. The van der Waals surface area contributed by atoms with Crippen LogP contribution in [0.1, 0.15) is 22.3 Å². The van der Waals surface area contributed by atoms with Crippen LogP contribution in [0.25, 0.3) is 78.0 Å². The van der Waals surface area contributed by atoms with Crippen molar-refractivity contribution in [2.45, 2.75) is 15.2 Å². The number of rotatable bonds is 4. The van der Waals surface area contributed by atoms with Crippen LogP contribution < -0.4 is 0 Å². The zero-order valence-corrected chi connectivity index (χ0v) is 32.0. The van der Waals surface area contributed by atoms with E-state index in [1.165, 1.54) is 48.6 Å². The summed E-state index contributed by atoms with van der Waals surface area (Å²) < 4.78 is 0. The van der Waals surface area contributed by atoms with Crippen molar-refractivity contribution in [2.75, 3.05) is 0 Å². The number of aromatic nitrogens is 4. The van der Waals surface area contributed by atoms with E-state index in [-0.39, 0.29) is 0 Å². The van der Waals surface area contributed by atoms with Crippen molar-refractivity contribution in [3.05, 3.63) is 217 Å². The minimum Gasteiger partial charge on any atom is -0.263 e. The van der Waals surface area contributed by atoms with Crippen molar-refractivity contribution in [1.82, 2.24) is 19.9 Å².